The average molecular weight is 325 g/mol. The summed E-state index contributed by atoms with van der Waals surface area (Å²) in [5, 5.41) is 6.52. The third-order valence-electron chi connectivity index (χ3n) is 3.11. The monoisotopic (exact) mass is 325 g/mol. The maximum atomic E-state index is 12.2. The lowest BCUT2D eigenvalue weighted by atomic mass is 9.96. The lowest BCUT2D eigenvalue weighted by Crippen LogP contribution is -2.27. The van der Waals surface area contributed by atoms with Crippen molar-refractivity contribution in [2.24, 2.45) is 5.41 Å². The number of nitrogens with one attached hydrogen (secondary N) is 2. The van der Waals surface area contributed by atoms with Gasteiger partial charge in [-0.05, 0) is 45.6 Å². The van der Waals surface area contributed by atoms with E-state index in [4.69, 9.17) is 0 Å². The molecular formula is C16H27N3O2S. The first kappa shape index (κ1) is 18.6. The minimum atomic E-state index is -0.452. The number of hydrogen-bond donors (Lipinski definition) is 2. The Bertz CT molecular complexity index is 530. The van der Waals surface area contributed by atoms with Crippen LogP contribution in [0.4, 0.5) is 5.00 Å². The van der Waals surface area contributed by atoms with Crippen LogP contribution in [0.3, 0.4) is 0 Å². The summed E-state index contributed by atoms with van der Waals surface area (Å²) < 4.78 is 0. The molecule has 1 aromatic heterocycles. The van der Waals surface area contributed by atoms with Crippen molar-refractivity contribution in [3.63, 3.8) is 0 Å². The average Bonchev–Trinajstić information content (AvgIpc) is 2.74. The molecule has 0 fully saturated rings. The zero-order chi connectivity index (χ0) is 16.9. The zero-order valence-electron chi connectivity index (χ0n) is 14.4. The fourth-order valence-electron chi connectivity index (χ4n) is 1.75. The Morgan fingerprint density at radius 2 is 1.91 bits per heavy atom. The molecule has 0 aromatic carbocycles. The number of carbonyl (C=O) groups excluding carboxylic acids is 2. The molecule has 0 bridgehead atoms. The van der Waals surface area contributed by atoms with Gasteiger partial charge < -0.3 is 15.5 Å². The first-order chi connectivity index (χ1) is 10.1. The Morgan fingerprint density at radius 3 is 2.45 bits per heavy atom. The van der Waals surface area contributed by atoms with Crippen molar-refractivity contribution in [3.8, 4) is 0 Å². The summed E-state index contributed by atoms with van der Waals surface area (Å²) in [6, 6.07) is 1.85. The molecule has 22 heavy (non-hydrogen) atoms. The van der Waals surface area contributed by atoms with Gasteiger partial charge in [0, 0.05) is 12.0 Å². The number of anilines is 1. The van der Waals surface area contributed by atoms with Crippen LogP contribution < -0.4 is 10.6 Å². The summed E-state index contributed by atoms with van der Waals surface area (Å²) in [6.45, 7) is 9.07. The molecule has 0 saturated heterocycles. The van der Waals surface area contributed by atoms with E-state index in [2.05, 4.69) is 15.5 Å². The van der Waals surface area contributed by atoms with Crippen molar-refractivity contribution in [2.75, 3.05) is 32.5 Å². The SMILES string of the molecule is Cc1cc(NC(=O)C(C)(C)C)sc1C(=O)NCCCN(C)C. The maximum Gasteiger partial charge on any atom is 0.261 e. The first-order valence-electron chi connectivity index (χ1n) is 7.46. The molecule has 6 heteroatoms. The van der Waals surface area contributed by atoms with Crippen molar-refractivity contribution in [1.29, 1.82) is 0 Å². The van der Waals surface area contributed by atoms with Gasteiger partial charge in [-0.3, -0.25) is 9.59 Å². The van der Waals surface area contributed by atoms with Crippen molar-refractivity contribution in [2.45, 2.75) is 34.1 Å². The van der Waals surface area contributed by atoms with Crippen LogP contribution in [-0.2, 0) is 4.79 Å². The second-order valence-electron chi connectivity index (χ2n) is 6.74. The Labute approximate surface area is 137 Å². The van der Waals surface area contributed by atoms with Crippen LogP contribution in [0.1, 0.15) is 42.4 Å². The number of thiophene rings is 1. The van der Waals surface area contributed by atoms with E-state index in [1.54, 1.807) is 0 Å². The van der Waals surface area contributed by atoms with Gasteiger partial charge in [0.05, 0.1) is 9.88 Å². The minimum Gasteiger partial charge on any atom is -0.351 e. The van der Waals surface area contributed by atoms with Gasteiger partial charge in [-0.2, -0.15) is 0 Å². The van der Waals surface area contributed by atoms with E-state index in [0.717, 1.165) is 23.5 Å². The van der Waals surface area contributed by atoms with Crippen LogP contribution in [0.2, 0.25) is 0 Å². The molecule has 0 atom stereocenters. The molecule has 0 saturated carbocycles. The summed E-state index contributed by atoms with van der Waals surface area (Å²) >= 11 is 1.32. The molecule has 0 aliphatic carbocycles. The summed E-state index contributed by atoms with van der Waals surface area (Å²) in [6.07, 6.45) is 0.913. The Morgan fingerprint density at radius 1 is 1.27 bits per heavy atom. The van der Waals surface area contributed by atoms with Crippen LogP contribution in [-0.4, -0.2) is 43.9 Å². The highest BCUT2D eigenvalue weighted by Gasteiger charge is 2.22. The van der Waals surface area contributed by atoms with Crippen LogP contribution >= 0.6 is 11.3 Å². The molecule has 0 aliphatic rings. The summed E-state index contributed by atoms with van der Waals surface area (Å²) in [5.74, 6) is -0.121. The quantitative estimate of drug-likeness (QED) is 0.791. The molecular weight excluding hydrogens is 298 g/mol. The van der Waals surface area contributed by atoms with Gasteiger partial charge >= 0.3 is 0 Å². The van der Waals surface area contributed by atoms with E-state index in [1.807, 2.05) is 47.9 Å². The smallest absolute Gasteiger partial charge is 0.261 e. The Kier molecular flexibility index (Phi) is 6.56. The van der Waals surface area contributed by atoms with Gasteiger partial charge in [0.2, 0.25) is 5.91 Å². The highest BCUT2D eigenvalue weighted by atomic mass is 32.1. The predicted octanol–water partition coefficient (Wildman–Crippen LogP) is 2.72. The summed E-state index contributed by atoms with van der Waals surface area (Å²) in [5.41, 5.74) is 0.436. The number of carbonyl (C=O) groups is 2. The third kappa shape index (κ3) is 5.77. The number of hydrogen-bond acceptors (Lipinski definition) is 4. The number of rotatable bonds is 6. The molecule has 0 aliphatic heterocycles. The van der Waals surface area contributed by atoms with Crippen LogP contribution in [0.25, 0.3) is 0 Å². The fraction of sp³-hybridized carbons (Fsp3) is 0.625. The standard InChI is InChI=1S/C16H27N3O2S/c1-11-10-12(18-15(21)16(2,3)4)22-13(11)14(20)17-8-7-9-19(5)6/h10H,7-9H2,1-6H3,(H,17,20)(H,18,21). The van der Waals surface area contributed by atoms with E-state index in [1.165, 1.54) is 11.3 Å². The molecule has 1 aromatic rings. The van der Waals surface area contributed by atoms with Crippen LogP contribution in [0.15, 0.2) is 6.07 Å². The van der Waals surface area contributed by atoms with Gasteiger partial charge in [0.25, 0.3) is 5.91 Å². The molecule has 2 N–H and O–H groups in total. The van der Waals surface area contributed by atoms with Crippen LogP contribution in [0, 0.1) is 12.3 Å². The summed E-state index contributed by atoms with van der Waals surface area (Å²) in [4.78, 5) is 26.9. The maximum absolute atomic E-state index is 12.2. The van der Waals surface area contributed by atoms with Gasteiger partial charge in [-0.1, -0.05) is 20.8 Å². The topological polar surface area (TPSA) is 61.4 Å². The molecule has 5 nitrogen and oxygen atoms in total. The fourth-order valence-corrected chi connectivity index (χ4v) is 2.73. The molecule has 0 radical (unpaired) electrons. The number of aryl methyl sites for hydroxylation is 1. The van der Waals surface area contributed by atoms with Crippen molar-refractivity contribution in [1.82, 2.24) is 10.2 Å². The molecule has 2 amide bonds. The van der Waals surface area contributed by atoms with Gasteiger partial charge in [0.15, 0.2) is 0 Å². The van der Waals surface area contributed by atoms with Crippen molar-refractivity contribution in [3.05, 3.63) is 16.5 Å². The highest BCUT2D eigenvalue weighted by molar-refractivity contribution is 7.18. The lowest BCUT2D eigenvalue weighted by molar-refractivity contribution is -0.123. The highest BCUT2D eigenvalue weighted by Crippen LogP contribution is 2.28. The predicted molar refractivity (Wildman–Crippen MR) is 92.6 cm³/mol. The molecule has 0 unspecified atom stereocenters. The molecule has 0 spiro atoms. The zero-order valence-corrected chi connectivity index (χ0v) is 15.2. The van der Waals surface area contributed by atoms with E-state index in [-0.39, 0.29) is 11.8 Å². The van der Waals surface area contributed by atoms with Gasteiger partial charge in [-0.15, -0.1) is 11.3 Å². The van der Waals surface area contributed by atoms with Gasteiger partial charge in [-0.25, -0.2) is 0 Å². The van der Waals surface area contributed by atoms with Crippen molar-refractivity contribution >= 4 is 28.2 Å². The second-order valence-corrected chi connectivity index (χ2v) is 7.79. The normalized spacial score (nSPS) is 11.6. The Balaban J connectivity index is 2.61. The second kappa shape index (κ2) is 7.74. The van der Waals surface area contributed by atoms with E-state index in [9.17, 15) is 9.59 Å². The molecule has 1 rings (SSSR count). The van der Waals surface area contributed by atoms with E-state index in [0.29, 0.717) is 11.4 Å². The van der Waals surface area contributed by atoms with E-state index < -0.39 is 5.41 Å². The first-order valence-corrected chi connectivity index (χ1v) is 8.27. The number of nitrogens with zero attached hydrogens (tertiary/aromatic N) is 1. The van der Waals surface area contributed by atoms with Crippen LogP contribution in [0.5, 0.6) is 0 Å². The largest absolute Gasteiger partial charge is 0.351 e. The molecule has 1 heterocycles. The van der Waals surface area contributed by atoms with Crippen molar-refractivity contribution < 1.29 is 9.59 Å². The summed E-state index contributed by atoms with van der Waals surface area (Å²) in [7, 11) is 4.02. The van der Waals surface area contributed by atoms with E-state index >= 15 is 0 Å². The molecule has 124 valence electrons. The lowest BCUT2D eigenvalue weighted by Gasteiger charge is -2.16. The van der Waals surface area contributed by atoms with Gasteiger partial charge in [0.1, 0.15) is 0 Å². The number of amides is 2. The Hall–Kier alpha value is -1.40. The minimum absolute atomic E-state index is 0.0494. The third-order valence-corrected chi connectivity index (χ3v) is 4.26.